The number of pyridine rings is 1. The van der Waals surface area contributed by atoms with Gasteiger partial charge in [-0.2, -0.15) is 0 Å². The third-order valence-corrected chi connectivity index (χ3v) is 8.76. The van der Waals surface area contributed by atoms with Gasteiger partial charge in [0.2, 0.25) is 0 Å². The number of hydrogen-bond donors (Lipinski definition) is 2. The molecule has 4 rings (SSSR count). The molecule has 0 aliphatic carbocycles. The van der Waals surface area contributed by atoms with E-state index < -0.39 is 0 Å². The number of ether oxygens (including phenoxy) is 3. The van der Waals surface area contributed by atoms with Gasteiger partial charge in [0.05, 0.1) is 45.9 Å². The maximum absolute atomic E-state index is 13.4. The van der Waals surface area contributed by atoms with E-state index in [1.54, 1.807) is 31.9 Å². The van der Waals surface area contributed by atoms with Crippen molar-refractivity contribution < 1.29 is 19.0 Å². The fraction of sp³-hybridized carbons (Fsp3) is 0.379. The largest absolute Gasteiger partial charge is 0.496 e. The highest BCUT2D eigenvalue weighted by molar-refractivity contribution is 14.1. The Morgan fingerprint density at radius 2 is 1.88 bits per heavy atom. The van der Waals surface area contributed by atoms with E-state index in [4.69, 9.17) is 14.2 Å². The normalized spacial score (nSPS) is 11.2. The Morgan fingerprint density at radius 1 is 1.10 bits per heavy atom. The Morgan fingerprint density at radius 3 is 2.56 bits per heavy atom. The number of hydrogen-bond acceptors (Lipinski definition) is 10. The van der Waals surface area contributed by atoms with Crippen LogP contribution in [0.4, 0.5) is 17.3 Å². The molecule has 0 atom stereocenters. The second kappa shape index (κ2) is 14.7. The highest BCUT2D eigenvalue weighted by atomic mass is 127. The molecule has 2 N–H and O–H groups in total. The highest BCUT2D eigenvalue weighted by Gasteiger charge is 2.21. The summed E-state index contributed by atoms with van der Waals surface area (Å²) >= 11 is 3.56. The van der Waals surface area contributed by atoms with E-state index >= 15 is 0 Å². The van der Waals surface area contributed by atoms with Crippen LogP contribution in [0.1, 0.15) is 41.8 Å². The number of amides is 1. The zero-order valence-corrected chi connectivity index (χ0v) is 26.9. The molecule has 218 valence electrons. The molecule has 12 heteroatoms. The van der Waals surface area contributed by atoms with E-state index in [1.807, 2.05) is 19.1 Å². The van der Waals surface area contributed by atoms with Gasteiger partial charge in [-0.05, 0) is 60.7 Å². The Kier molecular flexibility index (Phi) is 11.1. The molecule has 0 aliphatic heterocycles. The second-order valence-electron chi connectivity index (χ2n) is 9.21. The van der Waals surface area contributed by atoms with Crippen LogP contribution in [0, 0.1) is 10.5 Å². The predicted molar refractivity (Wildman–Crippen MR) is 172 cm³/mol. The Labute approximate surface area is 258 Å². The van der Waals surface area contributed by atoms with Gasteiger partial charge in [-0.3, -0.25) is 4.79 Å². The summed E-state index contributed by atoms with van der Waals surface area (Å²) in [6, 6.07) is 5.68. The van der Waals surface area contributed by atoms with Crippen LogP contribution in [0.15, 0.2) is 36.1 Å². The smallest absolute Gasteiger partial charge is 0.258 e. The van der Waals surface area contributed by atoms with Gasteiger partial charge in [0, 0.05) is 36.4 Å². The van der Waals surface area contributed by atoms with Crippen molar-refractivity contribution in [3.05, 3.63) is 56.4 Å². The van der Waals surface area contributed by atoms with Gasteiger partial charge in [0.15, 0.2) is 5.82 Å². The van der Waals surface area contributed by atoms with E-state index in [0.29, 0.717) is 53.1 Å². The van der Waals surface area contributed by atoms with Crippen LogP contribution >= 0.6 is 33.9 Å². The first kappa shape index (κ1) is 30.9. The summed E-state index contributed by atoms with van der Waals surface area (Å²) < 4.78 is 18.3. The number of methoxy groups -OCH3 is 2. The van der Waals surface area contributed by atoms with E-state index in [9.17, 15) is 4.79 Å². The number of carbonyl (C=O) groups is 1. The molecule has 0 unspecified atom stereocenters. The molecule has 10 nitrogen and oxygen atoms in total. The van der Waals surface area contributed by atoms with Gasteiger partial charge in [0.25, 0.3) is 5.91 Å². The van der Waals surface area contributed by atoms with Crippen molar-refractivity contribution in [2.45, 2.75) is 33.8 Å². The van der Waals surface area contributed by atoms with Crippen molar-refractivity contribution in [3.63, 3.8) is 0 Å². The molecule has 0 spiro atoms. The number of thiophene rings is 1. The Bertz CT molecular complexity index is 1450. The maximum Gasteiger partial charge on any atom is 0.258 e. The topological polar surface area (TPSA) is 111 Å². The number of nitrogens with one attached hydrogen (secondary N) is 2. The number of benzene rings is 1. The molecule has 0 bridgehead atoms. The molecule has 3 heterocycles. The van der Waals surface area contributed by atoms with Gasteiger partial charge in [-0.1, -0.05) is 19.9 Å². The van der Waals surface area contributed by atoms with E-state index in [0.717, 1.165) is 45.5 Å². The molecule has 0 saturated carbocycles. The number of halogens is 1. The summed E-state index contributed by atoms with van der Waals surface area (Å²) in [5.74, 6) is 2.19. The minimum absolute atomic E-state index is 0.281. The molecule has 0 aliphatic rings. The van der Waals surface area contributed by atoms with Gasteiger partial charge in [-0.15, -0.1) is 11.3 Å². The summed E-state index contributed by atoms with van der Waals surface area (Å²) in [7, 11) is 3.17. The average molecular weight is 691 g/mol. The first-order chi connectivity index (χ1) is 19.9. The highest BCUT2D eigenvalue weighted by Crippen LogP contribution is 2.39. The zero-order valence-electron chi connectivity index (χ0n) is 23.9. The van der Waals surface area contributed by atoms with Crippen molar-refractivity contribution >= 4 is 67.4 Å². The van der Waals surface area contributed by atoms with E-state index in [-0.39, 0.29) is 5.91 Å². The molecule has 1 amide bonds. The molecule has 3 aromatic heterocycles. The molecule has 0 fully saturated rings. The van der Waals surface area contributed by atoms with Crippen molar-refractivity contribution in [3.8, 4) is 11.5 Å². The fourth-order valence-corrected chi connectivity index (χ4v) is 6.18. The Balaban J connectivity index is 1.43. The lowest BCUT2D eigenvalue weighted by Gasteiger charge is -2.17. The summed E-state index contributed by atoms with van der Waals surface area (Å²) in [6.07, 6.45) is 4.24. The monoisotopic (exact) mass is 690 g/mol. The lowest BCUT2D eigenvalue weighted by atomic mass is 10.1. The second-order valence-corrected chi connectivity index (χ2v) is 11.2. The third-order valence-electron chi connectivity index (χ3n) is 6.72. The lowest BCUT2D eigenvalue weighted by Crippen LogP contribution is -2.24. The Hall–Kier alpha value is -3.07. The molecule has 1 aromatic carbocycles. The molecule has 0 radical (unpaired) electrons. The van der Waals surface area contributed by atoms with Crippen LogP contribution < -0.4 is 20.1 Å². The van der Waals surface area contributed by atoms with Crippen LogP contribution in [-0.2, 0) is 11.3 Å². The molecule has 41 heavy (non-hydrogen) atoms. The number of nitrogens with zero attached hydrogens (tertiary/aromatic N) is 4. The van der Waals surface area contributed by atoms with Crippen molar-refractivity contribution in [1.29, 1.82) is 0 Å². The van der Waals surface area contributed by atoms with Crippen LogP contribution in [-0.4, -0.2) is 66.2 Å². The fourth-order valence-electron chi connectivity index (χ4n) is 4.32. The van der Waals surface area contributed by atoms with Crippen LogP contribution in [0.3, 0.4) is 0 Å². The molecule has 0 saturated heterocycles. The zero-order chi connectivity index (χ0) is 29.4. The van der Waals surface area contributed by atoms with Crippen LogP contribution in [0.25, 0.3) is 10.2 Å². The minimum Gasteiger partial charge on any atom is -0.496 e. The number of carbonyl (C=O) groups excluding carboxylic acids is 1. The van der Waals surface area contributed by atoms with Crippen molar-refractivity contribution in [1.82, 2.24) is 19.9 Å². The first-order valence-corrected chi connectivity index (χ1v) is 15.3. The van der Waals surface area contributed by atoms with Gasteiger partial charge < -0.3 is 29.7 Å². The minimum atomic E-state index is -0.281. The lowest BCUT2D eigenvalue weighted by molar-refractivity contribution is 0.102. The van der Waals surface area contributed by atoms with E-state index in [1.165, 1.54) is 17.7 Å². The maximum atomic E-state index is 13.4. The summed E-state index contributed by atoms with van der Waals surface area (Å²) in [5.41, 5.74) is 3.45. The number of rotatable bonds is 14. The van der Waals surface area contributed by atoms with Crippen molar-refractivity contribution in [2.24, 2.45) is 0 Å². The van der Waals surface area contributed by atoms with Gasteiger partial charge in [0.1, 0.15) is 23.6 Å². The van der Waals surface area contributed by atoms with Crippen molar-refractivity contribution in [2.75, 3.05) is 51.1 Å². The first-order valence-electron chi connectivity index (χ1n) is 13.4. The molecule has 4 aromatic rings. The summed E-state index contributed by atoms with van der Waals surface area (Å²) in [6.45, 7) is 10.6. The average Bonchev–Trinajstić information content (AvgIpc) is 3.43. The number of aromatic nitrogens is 3. The number of fused-ring (bicyclic) bond motifs is 1. The predicted octanol–water partition coefficient (Wildman–Crippen LogP) is 6.26. The molecular weight excluding hydrogens is 655 g/mol. The SMILES string of the molecule is CCN(CC)CCCOCc1ccc(Nc2ncnc3c(C(=O)Nc4c(C)c(OC)cc(OC)c4I)csc23)nc1. The summed E-state index contributed by atoms with van der Waals surface area (Å²) in [4.78, 5) is 29.1. The van der Waals surface area contributed by atoms with Gasteiger partial charge in [-0.25, -0.2) is 15.0 Å². The van der Waals surface area contributed by atoms with Crippen LogP contribution in [0.5, 0.6) is 11.5 Å². The number of anilines is 3. The van der Waals surface area contributed by atoms with Crippen LogP contribution in [0.2, 0.25) is 0 Å². The van der Waals surface area contributed by atoms with E-state index in [2.05, 4.69) is 66.9 Å². The van der Waals surface area contributed by atoms with Gasteiger partial charge >= 0.3 is 0 Å². The standard InChI is InChI=1S/C29H35IN6O4S/c1-6-36(7-2)11-8-12-40-15-19-9-10-23(31-14-19)34-28-27-26(32-17-33-28)20(16-41-27)29(37)35-25-18(3)21(38-4)13-22(39-5)24(25)30/h9-10,13-14,16-17H,6-8,11-12,15H2,1-5H3,(H,35,37)(H,31,32,33,34). The quantitative estimate of drug-likeness (QED) is 0.117. The molecular formula is C29H35IN6O4S. The summed E-state index contributed by atoms with van der Waals surface area (Å²) in [5, 5.41) is 8.07. The third kappa shape index (κ3) is 7.42.